The van der Waals surface area contributed by atoms with Crippen LogP contribution in [0.15, 0.2) is 36.4 Å². The molecule has 0 aromatic heterocycles. The number of carbonyl (C=O) groups excluding carboxylic acids is 2. The highest BCUT2D eigenvalue weighted by Gasteiger charge is 2.46. The van der Waals surface area contributed by atoms with Crippen molar-refractivity contribution >= 4 is 17.5 Å². The second-order valence-electron chi connectivity index (χ2n) is 7.34. The summed E-state index contributed by atoms with van der Waals surface area (Å²) < 4.78 is 40.5. The van der Waals surface area contributed by atoms with Gasteiger partial charge in [0.05, 0.1) is 11.3 Å². The predicted octanol–water partition coefficient (Wildman–Crippen LogP) is 3.31. The third kappa shape index (κ3) is 3.32. The lowest BCUT2D eigenvalue weighted by Crippen LogP contribution is -2.68. The number of rotatable bonds is 2. The smallest absolute Gasteiger partial charge is 0.255 e. The lowest BCUT2D eigenvalue weighted by Gasteiger charge is -2.52. The second kappa shape index (κ2) is 7.09. The summed E-state index contributed by atoms with van der Waals surface area (Å²) in [7, 11) is 0. The molecular weight excluding hydrogens is 383 g/mol. The van der Waals surface area contributed by atoms with Gasteiger partial charge in [-0.05, 0) is 37.3 Å². The van der Waals surface area contributed by atoms with Gasteiger partial charge in [0.1, 0.15) is 23.1 Å². The largest absolute Gasteiger partial charge is 0.348 e. The van der Waals surface area contributed by atoms with Gasteiger partial charge in [0.25, 0.3) is 11.8 Å². The minimum Gasteiger partial charge on any atom is -0.348 e. The van der Waals surface area contributed by atoms with Crippen LogP contribution in [0.1, 0.15) is 40.5 Å². The zero-order valence-electron chi connectivity index (χ0n) is 15.8. The van der Waals surface area contributed by atoms with Gasteiger partial charge in [0.15, 0.2) is 0 Å². The maximum absolute atomic E-state index is 13.6. The maximum atomic E-state index is 13.6. The highest BCUT2D eigenvalue weighted by molar-refractivity contribution is 6.02. The van der Waals surface area contributed by atoms with Crippen molar-refractivity contribution < 1.29 is 22.8 Å². The first-order chi connectivity index (χ1) is 13.8. The molecule has 0 aliphatic carbocycles. The summed E-state index contributed by atoms with van der Waals surface area (Å²) in [6.45, 7) is 3.15. The summed E-state index contributed by atoms with van der Waals surface area (Å²) >= 11 is 0. The van der Waals surface area contributed by atoms with E-state index in [2.05, 4.69) is 5.32 Å². The number of amides is 2. The van der Waals surface area contributed by atoms with Gasteiger partial charge in [0, 0.05) is 44.1 Å². The number of hydrogen-bond donors (Lipinski definition) is 1. The molecule has 0 unspecified atom stereocenters. The fraction of sp³-hybridized carbons (Fsp3) is 0.333. The van der Waals surface area contributed by atoms with Gasteiger partial charge in [0.2, 0.25) is 0 Å². The number of halogens is 3. The van der Waals surface area contributed by atoms with Gasteiger partial charge in [-0.25, -0.2) is 13.2 Å². The van der Waals surface area contributed by atoms with Crippen molar-refractivity contribution in [3.63, 3.8) is 0 Å². The van der Waals surface area contributed by atoms with E-state index in [0.29, 0.717) is 38.2 Å². The van der Waals surface area contributed by atoms with E-state index in [1.54, 1.807) is 6.07 Å². The van der Waals surface area contributed by atoms with Crippen LogP contribution in [0.4, 0.5) is 18.9 Å². The van der Waals surface area contributed by atoms with E-state index in [9.17, 15) is 22.8 Å². The van der Waals surface area contributed by atoms with Crippen LogP contribution < -0.4 is 10.2 Å². The molecule has 8 heteroatoms. The molecule has 2 aromatic carbocycles. The van der Waals surface area contributed by atoms with Crippen LogP contribution in [-0.4, -0.2) is 42.0 Å². The number of nitrogens with one attached hydrogen (secondary N) is 1. The molecule has 29 heavy (non-hydrogen) atoms. The Labute approximate surface area is 166 Å². The summed E-state index contributed by atoms with van der Waals surface area (Å²) in [6.07, 6.45) is 0.875. The number of benzene rings is 2. The Morgan fingerprint density at radius 2 is 1.69 bits per heavy atom. The Balaban J connectivity index is 1.57. The molecule has 1 spiro atoms. The van der Waals surface area contributed by atoms with Gasteiger partial charge in [-0.15, -0.1) is 0 Å². The summed E-state index contributed by atoms with van der Waals surface area (Å²) in [4.78, 5) is 28.8. The molecule has 5 nitrogen and oxygen atoms in total. The number of piperidine rings is 1. The molecule has 0 atom stereocenters. The van der Waals surface area contributed by atoms with E-state index in [4.69, 9.17) is 0 Å². The molecule has 152 valence electrons. The molecule has 4 rings (SSSR count). The van der Waals surface area contributed by atoms with Crippen molar-refractivity contribution in [3.05, 3.63) is 65.0 Å². The van der Waals surface area contributed by atoms with Gasteiger partial charge < -0.3 is 15.1 Å². The van der Waals surface area contributed by atoms with Crippen molar-refractivity contribution in [2.24, 2.45) is 0 Å². The van der Waals surface area contributed by atoms with E-state index in [0.717, 1.165) is 18.2 Å². The van der Waals surface area contributed by atoms with Gasteiger partial charge >= 0.3 is 0 Å². The molecule has 0 radical (unpaired) electrons. The number of nitrogens with zero attached hydrogens (tertiary/aromatic N) is 2. The fourth-order valence-corrected chi connectivity index (χ4v) is 4.31. The van der Waals surface area contributed by atoms with E-state index in [1.807, 2.05) is 11.8 Å². The summed E-state index contributed by atoms with van der Waals surface area (Å²) in [6, 6.07) is 6.89. The van der Waals surface area contributed by atoms with E-state index < -0.39 is 29.0 Å². The van der Waals surface area contributed by atoms with Gasteiger partial charge in [-0.2, -0.15) is 0 Å². The average molecular weight is 403 g/mol. The standard InChI is InChI=1S/C21H20F3N3O2/c1-2-27-18-4-3-14(22)12-17(18)19(28)25-21(27)5-7-26(8-6-21)20(29)13-9-15(23)11-16(24)10-13/h3-4,9-12H,2,5-8H2,1H3,(H,25,28). The van der Waals surface area contributed by atoms with Crippen LogP contribution in [0, 0.1) is 17.5 Å². The average Bonchev–Trinajstić information content (AvgIpc) is 2.68. The lowest BCUT2D eigenvalue weighted by molar-refractivity contribution is 0.0602. The van der Waals surface area contributed by atoms with Crippen molar-refractivity contribution in [3.8, 4) is 0 Å². The minimum absolute atomic E-state index is 0.0423. The molecular formula is C21H20F3N3O2. The molecule has 2 amide bonds. The van der Waals surface area contributed by atoms with Crippen LogP contribution >= 0.6 is 0 Å². The van der Waals surface area contributed by atoms with Crippen LogP contribution in [0.5, 0.6) is 0 Å². The molecule has 0 bridgehead atoms. The highest BCUT2D eigenvalue weighted by Crippen LogP contribution is 2.37. The molecule has 2 heterocycles. The molecule has 2 aliphatic rings. The van der Waals surface area contributed by atoms with E-state index in [1.165, 1.54) is 17.0 Å². The summed E-state index contributed by atoms with van der Waals surface area (Å²) in [5, 5.41) is 3.00. The summed E-state index contributed by atoms with van der Waals surface area (Å²) in [5.74, 6) is -2.89. The van der Waals surface area contributed by atoms with Gasteiger partial charge in [-0.1, -0.05) is 0 Å². The summed E-state index contributed by atoms with van der Waals surface area (Å²) in [5.41, 5.74) is 0.204. The molecule has 2 aromatic rings. The Morgan fingerprint density at radius 1 is 1.03 bits per heavy atom. The van der Waals surface area contributed by atoms with Crippen molar-refractivity contribution in [1.29, 1.82) is 0 Å². The first-order valence-corrected chi connectivity index (χ1v) is 9.48. The number of anilines is 1. The second-order valence-corrected chi connectivity index (χ2v) is 7.34. The van der Waals surface area contributed by atoms with Crippen molar-refractivity contribution in [2.75, 3.05) is 24.5 Å². The maximum Gasteiger partial charge on any atom is 0.255 e. The predicted molar refractivity (Wildman–Crippen MR) is 101 cm³/mol. The van der Waals surface area contributed by atoms with E-state index in [-0.39, 0.29) is 17.0 Å². The molecule has 1 N–H and O–H groups in total. The van der Waals surface area contributed by atoms with Crippen LogP contribution in [0.2, 0.25) is 0 Å². The quantitative estimate of drug-likeness (QED) is 0.837. The number of carbonyl (C=O) groups is 2. The van der Waals surface area contributed by atoms with Crippen molar-refractivity contribution in [2.45, 2.75) is 25.4 Å². The number of likely N-dealkylation sites (tertiary alicyclic amines) is 1. The Morgan fingerprint density at radius 3 is 2.31 bits per heavy atom. The van der Waals surface area contributed by atoms with Crippen molar-refractivity contribution in [1.82, 2.24) is 10.2 Å². The molecule has 1 fully saturated rings. The fourth-order valence-electron chi connectivity index (χ4n) is 4.31. The van der Waals surface area contributed by atoms with Gasteiger partial charge in [-0.3, -0.25) is 9.59 Å². The lowest BCUT2D eigenvalue weighted by atomic mass is 9.89. The SMILES string of the molecule is CCN1c2ccc(F)cc2C(=O)NC12CCN(C(=O)c1cc(F)cc(F)c1)CC2. The Bertz CT molecular complexity index is 967. The van der Waals surface area contributed by atoms with Crippen LogP contribution in [0.25, 0.3) is 0 Å². The van der Waals surface area contributed by atoms with Crippen LogP contribution in [0.3, 0.4) is 0 Å². The normalized spacial score (nSPS) is 17.9. The Hall–Kier alpha value is -3.03. The van der Waals surface area contributed by atoms with Crippen LogP contribution in [-0.2, 0) is 0 Å². The zero-order chi connectivity index (χ0) is 20.8. The minimum atomic E-state index is -0.803. The topological polar surface area (TPSA) is 52.7 Å². The van der Waals surface area contributed by atoms with E-state index >= 15 is 0 Å². The highest BCUT2D eigenvalue weighted by atomic mass is 19.1. The molecule has 0 saturated carbocycles. The number of fused-ring (bicyclic) bond motifs is 1. The molecule has 1 saturated heterocycles. The first-order valence-electron chi connectivity index (χ1n) is 9.48. The molecule has 2 aliphatic heterocycles. The third-order valence-corrected chi connectivity index (χ3v) is 5.66. The third-order valence-electron chi connectivity index (χ3n) is 5.66. The Kier molecular flexibility index (Phi) is 4.72. The monoisotopic (exact) mass is 403 g/mol. The number of hydrogen-bond acceptors (Lipinski definition) is 3. The zero-order valence-corrected chi connectivity index (χ0v) is 15.8. The first kappa shape index (κ1) is 19.3.